The topological polar surface area (TPSA) is 50.4 Å². The zero-order valence-electron chi connectivity index (χ0n) is 11.4. The first-order chi connectivity index (χ1) is 9.25. The molecular weight excluding hydrogens is 240 g/mol. The Morgan fingerprint density at radius 2 is 2.11 bits per heavy atom. The Bertz CT molecular complexity index is 414. The average Bonchev–Trinajstić information content (AvgIpc) is 2.41. The number of hydrogen-bond acceptors (Lipinski definition) is 3. The van der Waals surface area contributed by atoms with Gasteiger partial charge in [-0.25, -0.2) is 0 Å². The monoisotopic (exact) mass is 262 g/mol. The van der Waals surface area contributed by atoms with Crippen LogP contribution in [0.5, 0.6) is 5.75 Å². The molecule has 0 saturated carbocycles. The van der Waals surface area contributed by atoms with Crippen molar-refractivity contribution in [2.45, 2.75) is 26.2 Å². The largest absolute Gasteiger partial charge is 0.491 e. The predicted octanol–water partition coefficient (Wildman–Crippen LogP) is 2.41. The molecule has 0 atom stereocenters. The minimum Gasteiger partial charge on any atom is -0.491 e. The number of rotatable bonds is 5. The number of anilines is 1. The second-order valence-corrected chi connectivity index (χ2v) is 5.01. The van der Waals surface area contributed by atoms with Gasteiger partial charge in [-0.3, -0.25) is 4.79 Å². The van der Waals surface area contributed by atoms with Crippen molar-refractivity contribution in [2.24, 2.45) is 5.92 Å². The number of benzene rings is 1. The van der Waals surface area contributed by atoms with E-state index >= 15 is 0 Å². The third-order valence-corrected chi connectivity index (χ3v) is 3.44. The lowest BCUT2D eigenvalue weighted by atomic mass is 9.95. The molecule has 1 aliphatic heterocycles. The summed E-state index contributed by atoms with van der Waals surface area (Å²) in [5, 5.41) is 6.15. The van der Waals surface area contributed by atoms with Gasteiger partial charge in [-0.2, -0.15) is 0 Å². The fourth-order valence-corrected chi connectivity index (χ4v) is 2.39. The van der Waals surface area contributed by atoms with E-state index in [-0.39, 0.29) is 5.91 Å². The summed E-state index contributed by atoms with van der Waals surface area (Å²) in [6.07, 6.45) is 3.55. The maximum Gasteiger partial charge on any atom is 0.221 e. The van der Waals surface area contributed by atoms with Gasteiger partial charge in [-0.1, -0.05) is 12.1 Å². The number of piperidine rings is 1. The number of amides is 1. The maximum absolute atomic E-state index is 11.1. The fraction of sp³-hybridized carbons (Fsp3) is 0.533. The molecule has 0 radical (unpaired) electrons. The number of ether oxygens (including phenoxy) is 1. The zero-order chi connectivity index (χ0) is 13.5. The zero-order valence-corrected chi connectivity index (χ0v) is 11.4. The molecule has 4 heteroatoms. The van der Waals surface area contributed by atoms with Crippen molar-refractivity contribution in [2.75, 3.05) is 25.0 Å². The van der Waals surface area contributed by atoms with Gasteiger partial charge in [-0.05, 0) is 50.4 Å². The average molecular weight is 262 g/mol. The maximum atomic E-state index is 11.1. The Labute approximate surface area is 114 Å². The van der Waals surface area contributed by atoms with Crippen LogP contribution in [-0.4, -0.2) is 25.6 Å². The van der Waals surface area contributed by atoms with Crippen LogP contribution in [0.15, 0.2) is 24.3 Å². The van der Waals surface area contributed by atoms with Crippen LogP contribution >= 0.6 is 0 Å². The molecule has 0 spiro atoms. The minimum absolute atomic E-state index is 0.0746. The molecule has 0 bridgehead atoms. The fourth-order valence-electron chi connectivity index (χ4n) is 2.39. The Hall–Kier alpha value is -1.55. The number of nitrogens with one attached hydrogen (secondary N) is 2. The van der Waals surface area contributed by atoms with Crippen molar-refractivity contribution in [1.82, 2.24) is 5.32 Å². The molecule has 19 heavy (non-hydrogen) atoms. The van der Waals surface area contributed by atoms with Crippen LogP contribution in [0.2, 0.25) is 0 Å². The van der Waals surface area contributed by atoms with Gasteiger partial charge in [0.2, 0.25) is 5.91 Å². The molecule has 0 aromatic heterocycles. The third-order valence-electron chi connectivity index (χ3n) is 3.44. The van der Waals surface area contributed by atoms with E-state index in [1.807, 2.05) is 24.3 Å². The standard InChI is InChI=1S/C15H22N2O2/c1-12(18)17-14-4-2-3-5-15(14)19-11-8-13-6-9-16-10-7-13/h2-5,13,16H,6-11H2,1H3,(H,17,18). The number of carbonyl (C=O) groups excluding carboxylic acids is 1. The van der Waals surface area contributed by atoms with Crippen molar-refractivity contribution in [3.63, 3.8) is 0 Å². The van der Waals surface area contributed by atoms with E-state index in [4.69, 9.17) is 4.74 Å². The Balaban J connectivity index is 1.83. The molecule has 1 amide bonds. The molecule has 1 aromatic carbocycles. The summed E-state index contributed by atoms with van der Waals surface area (Å²) in [6, 6.07) is 7.57. The van der Waals surface area contributed by atoms with Gasteiger partial charge in [0, 0.05) is 6.92 Å². The first-order valence-corrected chi connectivity index (χ1v) is 6.96. The lowest BCUT2D eigenvalue weighted by Crippen LogP contribution is -2.28. The second-order valence-electron chi connectivity index (χ2n) is 5.01. The summed E-state index contributed by atoms with van der Waals surface area (Å²) in [7, 11) is 0. The van der Waals surface area contributed by atoms with Gasteiger partial charge >= 0.3 is 0 Å². The van der Waals surface area contributed by atoms with Crippen molar-refractivity contribution in [1.29, 1.82) is 0 Å². The molecule has 2 N–H and O–H groups in total. The SMILES string of the molecule is CC(=O)Nc1ccccc1OCCC1CCNCC1. The third kappa shape index (κ3) is 4.56. The molecule has 1 saturated heterocycles. The van der Waals surface area contributed by atoms with Gasteiger partial charge in [0.25, 0.3) is 0 Å². The summed E-state index contributed by atoms with van der Waals surface area (Å²) in [5.41, 5.74) is 0.750. The van der Waals surface area contributed by atoms with Gasteiger partial charge < -0.3 is 15.4 Å². The highest BCUT2D eigenvalue weighted by molar-refractivity contribution is 5.90. The van der Waals surface area contributed by atoms with E-state index in [1.165, 1.54) is 19.8 Å². The highest BCUT2D eigenvalue weighted by Crippen LogP contribution is 2.24. The van der Waals surface area contributed by atoms with E-state index in [0.29, 0.717) is 6.61 Å². The van der Waals surface area contributed by atoms with Crippen molar-refractivity contribution < 1.29 is 9.53 Å². The molecule has 4 nitrogen and oxygen atoms in total. The van der Waals surface area contributed by atoms with Gasteiger partial charge in [0.15, 0.2) is 0 Å². The summed E-state index contributed by atoms with van der Waals surface area (Å²) in [4.78, 5) is 11.1. The summed E-state index contributed by atoms with van der Waals surface area (Å²) >= 11 is 0. The highest BCUT2D eigenvalue weighted by Gasteiger charge is 2.13. The van der Waals surface area contributed by atoms with Gasteiger partial charge in [0.05, 0.1) is 12.3 Å². The van der Waals surface area contributed by atoms with Crippen LogP contribution in [0.1, 0.15) is 26.2 Å². The Kier molecular flexibility index (Phi) is 5.21. The summed E-state index contributed by atoms with van der Waals surface area (Å²) in [6.45, 7) is 4.45. The molecule has 1 fully saturated rings. The molecule has 2 rings (SSSR count). The second kappa shape index (κ2) is 7.14. The smallest absolute Gasteiger partial charge is 0.221 e. The van der Waals surface area contributed by atoms with Crippen LogP contribution in [-0.2, 0) is 4.79 Å². The van der Waals surface area contributed by atoms with Crippen molar-refractivity contribution in [3.05, 3.63) is 24.3 Å². The number of para-hydroxylation sites is 2. The molecule has 1 heterocycles. The first-order valence-electron chi connectivity index (χ1n) is 6.96. The van der Waals surface area contributed by atoms with Crippen LogP contribution in [0.3, 0.4) is 0 Å². The molecule has 1 aliphatic rings. The summed E-state index contributed by atoms with van der Waals surface area (Å²) in [5.74, 6) is 1.44. The Morgan fingerprint density at radius 3 is 2.84 bits per heavy atom. The predicted molar refractivity (Wildman–Crippen MR) is 76.5 cm³/mol. The number of carbonyl (C=O) groups is 1. The highest BCUT2D eigenvalue weighted by atomic mass is 16.5. The molecule has 1 aromatic rings. The molecule has 0 aliphatic carbocycles. The van der Waals surface area contributed by atoms with Crippen LogP contribution < -0.4 is 15.4 Å². The number of hydrogen-bond donors (Lipinski definition) is 2. The minimum atomic E-state index is -0.0746. The van der Waals surface area contributed by atoms with E-state index in [0.717, 1.165) is 36.9 Å². The lowest BCUT2D eigenvalue weighted by Gasteiger charge is -2.22. The lowest BCUT2D eigenvalue weighted by molar-refractivity contribution is -0.114. The van der Waals surface area contributed by atoms with E-state index < -0.39 is 0 Å². The van der Waals surface area contributed by atoms with Crippen molar-refractivity contribution in [3.8, 4) is 5.75 Å². The molecule has 0 unspecified atom stereocenters. The first kappa shape index (κ1) is 13.9. The Morgan fingerprint density at radius 1 is 1.37 bits per heavy atom. The summed E-state index contributed by atoms with van der Waals surface area (Å²) < 4.78 is 5.81. The van der Waals surface area contributed by atoms with Crippen LogP contribution in [0.25, 0.3) is 0 Å². The quantitative estimate of drug-likeness (QED) is 0.856. The van der Waals surface area contributed by atoms with Crippen LogP contribution in [0.4, 0.5) is 5.69 Å². The molecule has 104 valence electrons. The van der Waals surface area contributed by atoms with Gasteiger partial charge in [0.1, 0.15) is 5.75 Å². The normalized spacial score (nSPS) is 16.1. The van der Waals surface area contributed by atoms with E-state index in [9.17, 15) is 4.79 Å². The molecular formula is C15H22N2O2. The van der Waals surface area contributed by atoms with Crippen molar-refractivity contribution >= 4 is 11.6 Å². The van der Waals surface area contributed by atoms with Gasteiger partial charge in [-0.15, -0.1) is 0 Å². The van der Waals surface area contributed by atoms with E-state index in [2.05, 4.69) is 10.6 Å². The van der Waals surface area contributed by atoms with Crippen LogP contribution in [0, 0.1) is 5.92 Å². The van der Waals surface area contributed by atoms with E-state index in [1.54, 1.807) is 0 Å².